The van der Waals surface area contributed by atoms with Crippen LogP contribution in [0.15, 0.2) is 78.9 Å². The number of carboxylic acids is 1. The van der Waals surface area contributed by atoms with E-state index in [2.05, 4.69) is 25.7 Å². The van der Waals surface area contributed by atoms with Crippen LogP contribution in [0.2, 0.25) is 0 Å². The van der Waals surface area contributed by atoms with Gasteiger partial charge in [0.25, 0.3) is 5.82 Å². The minimum absolute atomic E-state index is 0.0430. The average molecular weight is 631 g/mol. The molecule has 0 amide bonds. The molecule has 1 aromatic heterocycles. The third kappa shape index (κ3) is 6.16. The number of carbonyl (C=O) groups is 1. The number of carboxylic acid groups (broad SMARTS) is 1. The first-order valence-corrected chi connectivity index (χ1v) is 14.3. The predicted octanol–water partition coefficient (Wildman–Crippen LogP) is 5.40. The molecule has 4 heterocycles. The first-order chi connectivity index (χ1) is 21.4. The zero-order valence-corrected chi connectivity index (χ0v) is 23.6. The van der Waals surface area contributed by atoms with Crippen molar-refractivity contribution in [2.75, 3.05) is 13.1 Å². The Hall–Kier alpha value is -4.30. The summed E-state index contributed by atoms with van der Waals surface area (Å²) in [5, 5.41) is 22.7. The van der Waals surface area contributed by atoms with Gasteiger partial charge in [0.1, 0.15) is 0 Å². The summed E-state index contributed by atoms with van der Waals surface area (Å²) in [5.74, 6) is -3.75. The summed E-state index contributed by atoms with van der Waals surface area (Å²) in [7, 11) is 0. The van der Waals surface area contributed by atoms with E-state index in [0.717, 1.165) is 17.2 Å². The third-order valence-corrected chi connectivity index (χ3v) is 8.74. The Kier molecular flexibility index (Phi) is 8.12. The number of aromatic nitrogens is 4. The molecule has 4 aromatic rings. The van der Waals surface area contributed by atoms with Crippen LogP contribution in [-0.4, -0.2) is 61.4 Å². The molecular weight excluding hydrogens is 602 g/mol. The lowest BCUT2D eigenvalue weighted by Crippen LogP contribution is -2.68. The first kappa shape index (κ1) is 30.7. The van der Waals surface area contributed by atoms with Crippen molar-refractivity contribution < 1.29 is 36.2 Å². The van der Waals surface area contributed by atoms with Crippen LogP contribution >= 0.6 is 0 Å². The van der Waals surface area contributed by atoms with E-state index in [1.165, 1.54) is 6.07 Å². The van der Waals surface area contributed by atoms with Gasteiger partial charge in [-0.1, -0.05) is 60.7 Å². The molecule has 3 aromatic carbocycles. The monoisotopic (exact) mass is 630 g/mol. The van der Waals surface area contributed by atoms with Gasteiger partial charge in [0.05, 0.1) is 17.2 Å². The number of aliphatic carboxylic acids is 1. The number of nitrogens with one attached hydrogen (secondary N) is 1. The van der Waals surface area contributed by atoms with Crippen LogP contribution in [0.5, 0.6) is 0 Å². The number of tetrazole rings is 1. The fourth-order valence-electron chi connectivity index (χ4n) is 6.87. The number of rotatable bonds is 8. The highest BCUT2D eigenvalue weighted by atomic mass is 19.4. The smallest absolute Gasteiger partial charge is 0.453 e. The number of fused-ring (bicyclic) bond motifs is 3. The molecule has 1 unspecified atom stereocenters. The highest BCUT2D eigenvalue weighted by molar-refractivity contribution is 5.71. The maximum absolute atomic E-state index is 13.9. The second kappa shape index (κ2) is 11.9. The second-order valence-corrected chi connectivity index (χ2v) is 11.4. The summed E-state index contributed by atoms with van der Waals surface area (Å²) in [5.41, 5.74) is 0.376. The number of halogens is 6. The van der Waals surface area contributed by atoms with Crippen LogP contribution in [0.4, 0.5) is 26.3 Å². The van der Waals surface area contributed by atoms with Crippen molar-refractivity contribution in [1.29, 1.82) is 0 Å². The number of hydrogen-bond donors (Lipinski definition) is 2. The van der Waals surface area contributed by atoms with Crippen LogP contribution in [0, 0.1) is 11.8 Å². The van der Waals surface area contributed by atoms with Gasteiger partial charge in [-0.3, -0.25) is 9.69 Å². The number of hydrogen-bond acceptors (Lipinski definition) is 6. The minimum atomic E-state index is -5.01. The van der Waals surface area contributed by atoms with Gasteiger partial charge in [0.2, 0.25) is 0 Å². The van der Waals surface area contributed by atoms with E-state index in [-0.39, 0.29) is 34.7 Å². The summed E-state index contributed by atoms with van der Waals surface area (Å²) >= 11 is 0. The number of alkyl halides is 6. The standard InChI is InChI=1S/C31H28F6N6O2/c32-30(33,34)21-13-18(14-22(15-21)43-29(31(35,36)37)39-40-41-43)16-38-26-23-11-12-42(17-24(23)28(44)45)27(26)25(19-7-3-1-4-8-19)20-9-5-2-6-10-20/h1-10,13-15,23-27,38H,11-12,16-17H2,(H,44,45)/t23-,24-,26-,27-/m0/s1. The highest BCUT2D eigenvalue weighted by Gasteiger charge is 2.52. The molecule has 0 radical (unpaired) electrons. The van der Waals surface area contributed by atoms with Crippen molar-refractivity contribution in [2.24, 2.45) is 11.8 Å². The van der Waals surface area contributed by atoms with Crippen molar-refractivity contribution in [3.8, 4) is 5.69 Å². The molecule has 14 heteroatoms. The molecule has 7 rings (SSSR count). The molecular formula is C31H28F6N6O2. The van der Waals surface area contributed by atoms with Crippen molar-refractivity contribution in [3.05, 3.63) is 107 Å². The van der Waals surface area contributed by atoms with Crippen molar-refractivity contribution in [3.63, 3.8) is 0 Å². The predicted molar refractivity (Wildman–Crippen MR) is 149 cm³/mol. The fourth-order valence-corrected chi connectivity index (χ4v) is 6.87. The topological polar surface area (TPSA) is 96.2 Å². The highest BCUT2D eigenvalue weighted by Crippen LogP contribution is 2.44. The van der Waals surface area contributed by atoms with Gasteiger partial charge >= 0.3 is 18.3 Å². The Morgan fingerprint density at radius 2 is 1.58 bits per heavy atom. The van der Waals surface area contributed by atoms with E-state index >= 15 is 0 Å². The summed E-state index contributed by atoms with van der Waals surface area (Å²) in [4.78, 5) is 14.5. The number of piperidine rings is 3. The average Bonchev–Trinajstić information content (AvgIpc) is 3.53. The molecule has 45 heavy (non-hydrogen) atoms. The van der Waals surface area contributed by atoms with Gasteiger partial charge in [-0.15, -0.1) is 5.10 Å². The quantitative estimate of drug-likeness (QED) is 0.252. The Balaban J connectivity index is 1.40. The lowest BCUT2D eigenvalue weighted by atomic mass is 9.66. The minimum Gasteiger partial charge on any atom is -0.481 e. The van der Waals surface area contributed by atoms with Crippen LogP contribution < -0.4 is 5.32 Å². The SMILES string of the molecule is O=C(O)[C@H]1CN2CC[C@@H]1[C@H](NCc1cc(-n3nnnc3C(F)(F)F)cc(C(F)(F)F)c1)[C@@H]2C(c1ccccc1)c1ccccc1. The van der Waals surface area contributed by atoms with E-state index < -0.39 is 47.4 Å². The Morgan fingerprint density at radius 1 is 0.933 bits per heavy atom. The Bertz CT molecular complexity index is 1610. The van der Waals surface area contributed by atoms with E-state index in [4.69, 9.17) is 0 Å². The molecule has 0 saturated carbocycles. The lowest BCUT2D eigenvalue weighted by molar-refractivity contribution is -0.152. The molecule has 3 aliphatic heterocycles. The molecule has 3 fully saturated rings. The molecule has 0 aliphatic carbocycles. The Morgan fingerprint density at radius 3 is 2.16 bits per heavy atom. The van der Waals surface area contributed by atoms with Crippen molar-refractivity contribution >= 4 is 5.97 Å². The molecule has 5 atom stereocenters. The van der Waals surface area contributed by atoms with Gasteiger partial charge in [-0.2, -0.15) is 31.0 Å². The molecule has 3 aliphatic rings. The van der Waals surface area contributed by atoms with E-state index in [1.807, 2.05) is 60.7 Å². The van der Waals surface area contributed by atoms with Crippen LogP contribution in [-0.2, 0) is 23.7 Å². The van der Waals surface area contributed by atoms with Crippen LogP contribution in [0.1, 0.15) is 40.4 Å². The van der Waals surface area contributed by atoms with E-state index in [0.29, 0.717) is 25.6 Å². The third-order valence-electron chi connectivity index (χ3n) is 8.74. The van der Waals surface area contributed by atoms with Crippen molar-refractivity contribution in [2.45, 2.75) is 43.3 Å². The van der Waals surface area contributed by atoms with Gasteiger partial charge < -0.3 is 10.4 Å². The fraction of sp³-hybridized carbons (Fsp3) is 0.355. The zero-order valence-electron chi connectivity index (χ0n) is 23.6. The van der Waals surface area contributed by atoms with E-state index in [9.17, 15) is 36.2 Å². The van der Waals surface area contributed by atoms with Gasteiger partial charge in [0.15, 0.2) is 0 Å². The summed E-state index contributed by atoms with van der Waals surface area (Å²) in [6.07, 6.45) is -9.31. The number of nitrogens with zero attached hydrogens (tertiary/aromatic N) is 5. The van der Waals surface area contributed by atoms with E-state index in [1.54, 1.807) is 0 Å². The molecule has 236 valence electrons. The van der Waals surface area contributed by atoms with Gasteiger partial charge in [-0.25, -0.2) is 0 Å². The van der Waals surface area contributed by atoms with Crippen LogP contribution in [0.3, 0.4) is 0 Å². The summed E-state index contributed by atoms with van der Waals surface area (Å²) < 4.78 is 82.7. The largest absolute Gasteiger partial charge is 0.481 e. The first-order valence-electron chi connectivity index (χ1n) is 14.3. The summed E-state index contributed by atoms with van der Waals surface area (Å²) in [6, 6.07) is 21.3. The normalized spacial score (nSPS) is 23.4. The zero-order chi connectivity index (χ0) is 31.9. The maximum Gasteiger partial charge on any atom is 0.453 e. The lowest BCUT2D eigenvalue weighted by Gasteiger charge is -2.56. The molecule has 2 bridgehead atoms. The van der Waals surface area contributed by atoms with Gasteiger partial charge in [-0.05, 0) is 64.2 Å². The molecule has 2 N–H and O–H groups in total. The Labute approximate surface area is 253 Å². The molecule has 3 saturated heterocycles. The van der Waals surface area contributed by atoms with Crippen LogP contribution in [0.25, 0.3) is 5.69 Å². The van der Waals surface area contributed by atoms with Gasteiger partial charge in [0, 0.05) is 31.1 Å². The molecule has 0 spiro atoms. The molecule has 8 nitrogen and oxygen atoms in total. The maximum atomic E-state index is 13.9. The van der Waals surface area contributed by atoms with Crippen molar-refractivity contribution in [1.82, 2.24) is 30.4 Å². The number of benzene rings is 3. The summed E-state index contributed by atoms with van der Waals surface area (Å²) in [6.45, 7) is 0.807. The second-order valence-electron chi connectivity index (χ2n) is 11.4.